The van der Waals surface area contributed by atoms with Crippen LogP contribution in [0.15, 0.2) is 108 Å². The third kappa shape index (κ3) is 6.84. The van der Waals surface area contributed by atoms with Crippen molar-refractivity contribution in [1.82, 2.24) is 20.1 Å². The summed E-state index contributed by atoms with van der Waals surface area (Å²) in [6, 6.07) is 30.6. The van der Waals surface area contributed by atoms with Gasteiger partial charge in [-0.15, -0.1) is 10.2 Å². The smallest absolute Gasteiger partial charge is 0.269 e. The molecule has 0 fully saturated rings. The summed E-state index contributed by atoms with van der Waals surface area (Å²) in [5.41, 5.74) is 4.41. The first-order valence-electron chi connectivity index (χ1n) is 13.3. The van der Waals surface area contributed by atoms with Gasteiger partial charge in [0.2, 0.25) is 0 Å². The monoisotopic (exact) mass is 579 g/mol. The van der Waals surface area contributed by atoms with E-state index in [0.717, 1.165) is 16.7 Å². The molecule has 0 aliphatic carbocycles. The number of hydrogen-bond acceptors (Lipinski definition) is 7. The highest BCUT2D eigenvalue weighted by atomic mass is 32.2. The van der Waals surface area contributed by atoms with E-state index in [2.05, 4.69) is 27.6 Å². The first-order chi connectivity index (χ1) is 20.4. The van der Waals surface area contributed by atoms with Crippen LogP contribution in [0.5, 0.6) is 5.75 Å². The van der Waals surface area contributed by atoms with Gasteiger partial charge in [0.1, 0.15) is 5.75 Å². The zero-order chi connectivity index (χ0) is 29.5. The van der Waals surface area contributed by atoms with Crippen LogP contribution in [0.2, 0.25) is 0 Å². The fourth-order valence-electron chi connectivity index (χ4n) is 4.56. The summed E-state index contributed by atoms with van der Waals surface area (Å²) in [7, 11) is 1.57. The Balaban J connectivity index is 1.54. The quantitative estimate of drug-likeness (QED) is 0.108. The SMILES string of the molecule is COc1ccc(C(=O)NC(Cc2ccccc2)c2nnc(SCc3cccc(C)c3)n2-c2ccc([N+](=O)[O-])cc2)cc1. The van der Waals surface area contributed by atoms with Gasteiger partial charge in [0.05, 0.1) is 18.1 Å². The van der Waals surface area contributed by atoms with Crippen LogP contribution in [-0.2, 0) is 12.2 Å². The number of nitrogens with one attached hydrogen (secondary N) is 1. The molecule has 0 aliphatic heterocycles. The molecule has 0 radical (unpaired) electrons. The summed E-state index contributed by atoms with van der Waals surface area (Å²) in [4.78, 5) is 24.4. The zero-order valence-corrected chi connectivity index (χ0v) is 24.0. The van der Waals surface area contributed by atoms with Gasteiger partial charge in [-0.2, -0.15) is 0 Å². The Bertz CT molecular complexity index is 1670. The standard InChI is InChI=1S/C32H29N5O4S/c1-22-7-6-10-24(19-22)21-42-32-35-34-30(36(32)26-13-15-27(16-14-26)37(39)40)29(20-23-8-4-3-5-9-23)33-31(38)25-11-17-28(41-2)18-12-25/h3-19,29H,20-21H2,1-2H3,(H,33,38). The van der Waals surface area contributed by atoms with Gasteiger partial charge in [0.25, 0.3) is 11.6 Å². The third-order valence-electron chi connectivity index (χ3n) is 6.68. The molecule has 0 bridgehead atoms. The van der Waals surface area contributed by atoms with Gasteiger partial charge >= 0.3 is 0 Å². The highest BCUT2D eigenvalue weighted by molar-refractivity contribution is 7.98. The molecule has 1 heterocycles. The van der Waals surface area contributed by atoms with Crippen LogP contribution < -0.4 is 10.1 Å². The number of ether oxygens (including phenoxy) is 1. The number of non-ortho nitro benzene ring substituents is 1. The molecule has 1 aromatic heterocycles. The summed E-state index contributed by atoms with van der Waals surface area (Å²) < 4.78 is 7.10. The topological polar surface area (TPSA) is 112 Å². The number of nitrogens with zero attached hydrogens (tertiary/aromatic N) is 4. The molecule has 1 N–H and O–H groups in total. The maximum absolute atomic E-state index is 13.4. The van der Waals surface area contributed by atoms with Crippen molar-refractivity contribution < 1.29 is 14.5 Å². The van der Waals surface area contributed by atoms with Crippen molar-refractivity contribution in [1.29, 1.82) is 0 Å². The molecule has 0 saturated heterocycles. The molecular weight excluding hydrogens is 550 g/mol. The number of hydrogen-bond donors (Lipinski definition) is 1. The van der Waals surface area contributed by atoms with Crippen molar-refractivity contribution in [3.05, 3.63) is 141 Å². The predicted molar refractivity (Wildman–Crippen MR) is 162 cm³/mol. The van der Waals surface area contributed by atoms with Gasteiger partial charge in [-0.3, -0.25) is 19.5 Å². The largest absolute Gasteiger partial charge is 0.497 e. The molecule has 10 heteroatoms. The minimum Gasteiger partial charge on any atom is -0.497 e. The molecule has 42 heavy (non-hydrogen) atoms. The number of carbonyl (C=O) groups excluding carboxylic acids is 1. The molecule has 5 rings (SSSR count). The maximum atomic E-state index is 13.4. The Morgan fingerprint density at radius 1 is 0.952 bits per heavy atom. The number of thioether (sulfide) groups is 1. The Morgan fingerprint density at radius 2 is 1.67 bits per heavy atom. The summed E-state index contributed by atoms with van der Waals surface area (Å²) >= 11 is 1.51. The van der Waals surface area contributed by atoms with E-state index in [1.807, 2.05) is 54.0 Å². The molecule has 1 amide bonds. The lowest BCUT2D eigenvalue weighted by Gasteiger charge is -2.20. The first kappa shape index (κ1) is 28.6. The van der Waals surface area contributed by atoms with Crippen LogP contribution >= 0.6 is 11.8 Å². The van der Waals surface area contributed by atoms with Crippen LogP contribution in [0.4, 0.5) is 5.69 Å². The van der Waals surface area contributed by atoms with Crippen molar-refractivity contribution in [2.45, 2.75) is 30.3 Å². The molecule has 1 unspecified atom stereocenters. The summed E-state index contributed by atoms with van der Waals surface area (Å²) in [6.45, 7) is 2.05. The second-order valence-electron chi connectivity index (χ2n) is 9.67. The van der Waals surface area contributed by atoms with E-state index in [1.54, 1.807) is 43.5 Å². The maximum Gasteiger partial charge on any atom is 0.269 e. The second kappa shape index (κ2) is 13.1. The van der Waals surface area contributed by atoms with Crippen LogP contribution in [0, 0.1) is 17.0 Å². The van der Waals surface area contributed by atoms with E-state index in [9.17, 15) is 14.9 Å². The Hall–Kier alpha value is -4.96. The first-order valence-corrected chi connectivity index (χ1v) is 14.3. The van der Waals surface area contributed by atoms with Gasteiger partial charge < -0.3 is 10.1 Å². The van der Waals surface area contributed by atoms with Crippen molar-refractivity contribution in [3.8, 4) is 11.4 Å². The lowest BCUT2D eigenvalue weighted by Crippen LogP contribution is -2.32. The molecule has 9 nitrogen and oxygen atoms in total. The number of rotatable bonds is 11. The van der Waals surface area contributed by atoms with Gasteiger partial charge in [-0.1, -0.05) is 71.9 Å². The van der Waals surface area contributed by atoms with Gasteiger partial charge in [0, 0.05) is 29.1 Å². The van der Waals surface area contributed by atoms with E-state index in [1.165, 1.54) is 23.9 Å². The summed E-state index contributed by atoms with van der Waals surface area (Å²) in [5.74, 6) is 1.54. The Morgan fingerprint density at radius 3 is 2.33 bits per heavy atom. The van der Waals surface area contributed by atoms with Crippen molar-refractivity contribution in [2.24, 2.45) is 0 Å². The van der Waals surface area contributed by atoms with E-state index >= 15 is 0 Å². The van der Waals surface area contributed by atoms with Crippen LogP contribution in [-0.4, -0.2) is 32.7 Å². The lowest BCUT2D eigenvalue weighted by molar-refractivity contribution is -0.384. The summed E-state index contributed by atoms with van der Waals surface area (Å²) in [5, 5.41) is 24.2. The lowest BCUT2D eigenvalue weighted by atomic mass is 10.0. The fraction of sp³-hybridized carbons (Fsp3) is 0.156. The number of nitro benzene ring substituents is 1. The number of methoxy groups -OCH3 is 1. The molecule has 1 atom stereocenters. The number of nitro groups is 1. The predicted octanol–water partition coefficient (Wildman–Crippen LogP) is 6.50. The number of carbonyl (C=O) groups is 1. The molecular formula is C32H29N5O4S. The average molecular weight is 580 g/mol. The molecule has 0 saturated carbocycles. The van der Waals surface area contributed by atoms with Crippen LogP contribution in [0.25, 0.3) is 5.69 Å². The minimum atomic E-state index is -0.557. The zero-order valence-electron chi connectivity index (χ0n) is 23.1. The van der Waals surface area contributed by atoms with E-state index in [0.29, 0.717) is 40.2 Å². The van der Waals surface area contributed by atoms with E-state index in [-0.39, 0.29) is 11.6 Å². The normalized spacial score (nSPS) is 11.6. The molecule has 4 aromatic carbocycles. The van der Waals surface area contributed by atoms with E-state index < -0.39 is 11.0 Å². The van der Waals surface area contributed by atoms with Crippen LogP contribution in [0.1, 0.15) is 38.9 Å². The summed E-state index contributed by atoms with van der Waals surface area (Å²) in [6.07, 6.45) is 0.455. The number of amides is 1. The molecule has 0 spiro atoms. The Labute approximate surface area is 247 Å². The fourth-order valence-corrected chi connectivity index (χ4v) is 5.46. The van der Waals surface area contributed by atoms with Gasteiger partial charge in [-0.05, 0) is 60.9 Å². The van der Waals surface area contributed by atoms with Crippen LogP contribution in [0.3, 0.4) is 0 Å². The van der Waals surface area contributed by atoms with Gasteiger partial charge in [0.15, 0.2) is 11.0 Å². The molecule has 0 aliphatic rings. The number of aromatic nitrogens is 3. The van der Waals surface area contributed by atoms with Crippen molar-refractivity contribution >= 4 is 23.4 Å². The van der Waals surface area contributed by atoms with Crippen molar-refractivity contribution in [3.63, 3.8) is 0 Å². The van der Waals surface area contributed by atoms with Gasteiger partial charge in [-0.25, -0.2) is 0 Å². The van der Waals surface area contributed by atoms with E-state index in [4.69, 9.17) is 4.74 Å². The highest BCUT2D eigenvalue weighted by Crippen LogP contribution is 2.30. The molecule has 5 aromatic rings. The van der Waals surface area contributed by atoms with Crippen molar-refractivity contribution in [2.75, 3.05) is 7.11 Å². The minimum absolute atomic E-state index is 0.0176. The Kier molecular flexibility index (Phi) is 8.93. The highest BCUT2D eigenvalue weighted by Gasteiger charge is 2.26. The third-order valence-corrected chi connectivity index (χ3v) is 7.68. The molecule has 212 valence electrons. The number of benzene rings is 4. The number of aryl methyl sites for hydroxylation is 1. The average Bonchev–Trinajstić information content (AvgIpc) is 3.44. The second-order valence-corrected chi connectivity index (χ2v) is 10.6.